The van der Waals surface area contributed by atoms with Crippen molar-refractivity contribution in [1.29, 1.82) is 0 Å². The molecule has 4 nitrogen and oxygen atoms in total. The molecule has 0 aliphatic heterocycles. The maximum Gasteiger partial charge on any atom is 0.0636 e. The van der Waals surface area contributed by atoms with Gasteiger partial charge in [-0.3, -0.25) is 0 Å². The first kappa shape index (κ1) is 25.8. The Morgan fingerprint density at radius 1 is 1.00 bits per heavy atom. The van der Waals surface area contributed by atoms with Crippen LogP contribution in [0.25, 0.3) is 10.9 Å². The van der Waals surface area contributed by atoms with E-state index in [1.54, 1.807) is 6.92 Å². The Bertz CT molecular complexity index is 896. The second kappa shape index (κ2) is 12.4. The summed E-state index contributed by atoms with van der Waals surface area (Å²) in [5.74, 6) is 0. The van der Waals surface area contributed by atoms with E-state index in [1.807, 2.05) is 18.2 Å². The molecule has 160 valence electrons. The smallest absolute Gasteiger partial charge is 0.0636 e. The average molecular weight is 459 g/mol. The van der Waals surface area contributed by atoms with Crippen molar-refractivity contribution < 1.29 is 5.11 Å². The fourth-order valence-electron chi connectivity index (χ4n) is 3.43. The van der Waals surface area contributed by atoms with Gasteiger partial charge in [-0.25, -0.2) is 0 Å². The van der Waals surface area contributed by atoms with Gasteiger partial charge in [0, 0.05) is 54.3 Å². The molecule has 0 bridgehead atoms. The zero-order chi connectivity index (χ0) is 19.2. The first-order valence-electron chi connectivity index (χ1n) is 9.47. The molecule has 0 saturated heterocycles. The highest BCUT2D eigenvalue weighted by Gasteiger charge is 2.14. The van der Waals surface area contributed by atoms with Gasteiger partial charge in [-0.1, -0.05) is 48.0 Å². The molecule has 1 unspecified atom stereocenters. The second-order valence-electron chi connectivity index (χ2n) is 6.99. The Balaban J connectivity index is 0.00000210. The SMILES string of the molecule is Cc1c(CNCCNCC(C)O)c2ccccc2n1Cc1ccccc1Cl.Cl.Cl. The number of nitrogens with one attached hydrogen (secondary N) is 2. The third-order valence-corrected chi connectivity index (χ3v) is 5.24. The van der Waals surface area contributed by atoms with E-state index < -0.39 is 0 Å². The molecule has 0 radical (unpaired) electrons. The van der Waals surface area contributed by atoms with Crippen LogP contribution in [0.4, 0.5) is 0 Å². The monoisotopic (exact) mass is 457 g/mol. The van der Waals surface area contributed by atoms with Crippen LogP contribution in [0.3, 0.4) is 0 Å². The Morgan fingerprint density at radius 2 is 1.66 bits per heavy atom. The fraction of sp³-hybridized carbons (Fsp3) is 0.364. The first-order valence-corrected chi connectivity index (χ1v) is 9.85. The highest BCUT2D eigenvalue weighted by Crippen LogP contribution is 2.28. The van der Waals surface area contributed by atoms with E-state index in [-0.39, 0.29) is 30.9 Å². The molecule has 3 aromatic rings. The van der Waals surface area contributed by atoms with Gasteiger partial charge >= 0.3 is 0 Å². The predicted molar refractivity (Wildman–Crippen MR) is 128 cm³/mol. The predicted octanol–water partition coefficient (Wildman–Crippen LogP) is 4.56. The van der Waals surface area contributed by atoms with Crippen molar-refractivity contribution in [2.45, 2.75) is 33.0 Å². The molecule has 0 amide bonds. The van der Waals surface area contributed by atoms with Gasteiger partial charge in [0.25, 0.3) is 0 Å². The van der Waals surface area contributed by atoms with E-state index in [0.717, 1.165) is 36.8 Å². The third kappa shape index (κ3) is 6.61. The van der Waals surface area contributed by atoms with Gasteiger partial charge in [-0.15, -0.1) is 24.8 Å². The van der Waals surface area contributed by atoms with Crippen molar-refractivity contribution >= 4 is 47.3 Å². The van der Waals surface area contributed by atoms with Gasteiger partial charge in [0.05, 0.1) is 6.10 Å². The highest BCUT2D eigenvalue weighted by molar-refractivity contribution is 6.31. The Labute approximate surface area is 190 Å². The maximum atomic E-state index is 9.29. The van der Waals surface area contributed by atoms with E-state index in [2.05, 4.69) is 52.5 Å². The van der Waals surface area contributed by atoms with Gasteiger partial charge in [-0.05, 0) is 37.1 Å². The summed E-state index contributed by atoms with van der Waals surface area (Å²) in [6.07, 6.45) is -0.310. The van der Waals surface area contributed by atoms with Crippen molar-refractivity contribution in [3.8, 4) is 0 Å². The van der Waals surface area contributed by atoms with Crippen LogP contribution in [0.15, 0.2) is 48.5 Å². The first-order chi connectivity index (χ1) is 13.1. The summed E-state index contributed by atoms with van der Waals surface area (Å²) in [4.78, 5) is 0. The molecule has 1 heterocycles. The largest absolute Gasteiger partial charge is 0.392 e. The minimum absolute atomic E-state index is 0. The fourth-order valence-corrected chi connectivity index (χ4v) is 3.62. The molecule has 0 spiro atoms. The second-order valence-corrected chi connectivity index (χ2v) is 7.40. The molecule has 7 heteroatoms. The van der Waals surface area contributed by atoms with Crippen LogP contribution in [0.2, 0.25) is 5.02 Å². The highest BCUT2D eigenvalue weighted by atomic mass is 35.5. The lowest BCUT2D eigenvalue weighted by molar-refractivity contribution is 0.191. The van der Waals surface area contributed by atoms with Crippen LogP contribution in [-0.4, -0.2) is 35.4 Å². The molecule has 1 aromatic heterocycles. The molecule has 1 atom stereocenters. The minimum atomic E-state index is -0.310. The minimum Gasteiger partial charge on any atom is -0.392 e. The van der Waals surface area contributed by atoms with E-state index in [0.29, 0.717) is 6.54 Å². The maximum absolute atomic E-state index is 9.29. The summed E-state index contributed by atoms with van der Waals surface area (Å²) in [6, 6.07) is 16.6. The van der Waals surface area contributed by atoms with Crippen LogP contribution in [0.5, 0.6) is 0 Å². The quantitative estimate of drug-likeness (QED) is 0.412. The van der Waals surface area contributed by atoms with Crippen LogP contribution in [0, 0.1) is 6.92 Å². The number of para-hydroxylation sites is 1. The number of fused-ring (bicyclic) bond motifs is 1. The van der Waals surface area contributed by atoms with Crippen molar-refractivity contribution in [3.63, 3.8) is 0 Å². The van der Waals surface area contributed by atoms with Crippen molar-refractivity contribution in [1.82, 2.24) is 15.2 Å². The van der Waals surface area contributed by atoms with Crippen LogP contribution in [0.1, 0.15) is 23.7 Å². The topological polar surface area (TPSA) is 49.2 Å². The van der Waals surface area contributed by atoms with Gasteiger partial charge < -0.3 is 20.3 Å². The average Bonchev–Trinajstić information content (AvgIpc) is 2.91. The molecule has 0 aliphatic rings. The number of benzene rings is 2. The van der Waals surface area contributed by atoms with Crippen molar-refractivity contribution in [2.75, 3.05) is 19.6 Å². The lowest BCUT2D eigenvalue weighted by atomic mass is 10.1. The number of aromatic nitrogens is 1. The number of nitrogens with zero attached hydrogens (tertiary/aromatic N) is 1. The van der Waals surface area contributed by atoms with Crippen LogP contribution in [-0.2, 0) is 13.1 Å². The van der Waals surface area contributed by atoms with Gasteiger partial charge in [-0.2, -0.15) is 0 Å². The lowest BCUT2D eigenvalue weighted by Crippen LogP contribution is -2.31. The Kier molecular flexibility index (Phi) is 11.0. The Hall–Kier alpha value is -1.27. The lowest BCUT2D eigenvalue weighted by Gasteiger charge is -2.11. The van der Waals surface area contributed by atoms with Gasteiger partial charge in [0.2, 0.25) is 0 Å². The summed E-state index contributed by atoms with van der Waals surface area (Å²) in [5.41, 5.74) is 4.96. The van der Waals surface area contributed by atoms with E-state index in [1.165, 1.54) is 22.2 Å². The molecule has 2 aromatic carbocycles. The number of rotatable bonds is 9. The summed E-state index contributed by atoms with van der Waals surface area (Å²) in [6.45, 7) is 7.87. The molecular weight excluding hydrogens is 429 g/mol. The summed E-state index contributed by atoms with van der Waals surface area (Å²) >= 11 is 6.39. The molecule has 3 rings (SSSR count). The number of aliphatic hydroxyl groups is 1. The van der Waals surface area contributed by atoms with Gasteiger partial charge in [0.1, 0.15) is 0 Å². The van der Waals surface area contributed by atoms with E-state index in [4.69, 9.17) is 11.6 Å². The molecule has 29 heavy (non-hydrogen) atoms. The van der Waals surface area contributed by atoms with E-state index >= 15 is 0 Å². The van der Waals surface area contributed by atoms with Crippen LogP contribution < -0.4 is 10.6 Å². The molecule has 0 fully saturated rings. The van der Waals surface area contributed by atoms with Crippen molar-refractivity contribution in [2.24, 2.45) is 0 Å². The zero-order valence-electron chi connectivity index (χ0n) is 16.8. The number of halogens is 3. The van der Waals surface area contributed by atoms with E-state index in [9.17, 15) is 5.11 Å². The number of hydrogen-bond donors (Lipinski definition) is 3. The van der Waals surface area contributed by atoms with Crippen LogP contribution >= 0.6 is 36.4 Å². The normalized spacial score (nSPS) is 11.7. The molecule has 0 saturated carbocycles. The Morgan fingerprint density at radius 3 is 2.38 bits per heavy atom. The summed E-state index contributed by atoms with van der Waals surface area (Å²) in [5, 5.41) is 18.1. The van der Waals surface area contributed by atoms with Gasteiger partial charge in [0.15, 0.2) is 0 Å². The summed E-state index contributed by atoms with van der Waals surface area (Å²) in [7, 11) is 0. The zero-order valence-corrected chi connectivity index (χ0v) is 19.2. The van der Waals surface area contributed by atoms with Crippen molar-refractivity contribution in [3.05, 3.63) is 70.4 Å². The number of aliphatic hydroxyl groups excluding tert-OH is 1. The molecular formula is C22H30Cl3N3O. The summed E-state index contributed by atoms with van der Waals surface area (Å²) < 4.78 is 2.35. The number of hydrogen-bond acceptors (Lipinski definition) is 3. The standard InChI is InChI=1S/C22H28ClN3O.2ClH/c1-16(27)13-24-11-12-25-14-20-17(2)26(22-10-6-4-8-19(20)22)15-18-7-3-5-9-21(18)23;;/h3-10,16,24-25,27H,11-15H2,1-2H3;2*1H. The third-order valence-electron chi connectivity index (χ3n) is 4.87. The molecule has 0 aliphatic carbocycles. The molecule has 3 N–H and O–H groups in total.